The Hall–Kier alpha value is -0.930. The van der Waals surface area contributed by atoms with Crippen molar-refractivity contribution in [3.05, 3.63) is 35.4 Å². The number of benzene rings is 1. The molecule has 1 aromatic rings. The van der Waals surface area contributed by atoms with Crippen LogP contribution in [0, 0.1) is 5.41 Å². The lowest BCUT2D eigenvalue weighted by atomic mass is 9.68. The van der Waals surface area contributed by atoms with Crippen molar-refractivity contribution in [2.75, 3.05) is 13.1 Å². The average molecular weight is 302 g/mol. The van der Waals surface area contributed by atoms with Crippen molar-refractivity contribution in [3.8, 4) is 0 Å². The summed E-state index contributed by atoms with van der Waals surface area (Å²) in [5, 5.41) is 0. The molecule has 2 fully saturated rings. The van der Waals surface area contributed by atoms with Crippen LogP contribution in [0.5, 0.6) is 0 Å². The molecular formula is C18H26N2S. The quantitative estimate of drug-likeness (QED) is 0.860. The Morgan fingerprint density at radius 1 is 1.00 bits per heavy atom. The van der Waals surface area contributed by atoms with Gasteiger partial charge in [-0.05, 0) is 49.8 Å². The molecule has 0 atom stereocenters. The fraction of sp³-hybridized carbons (Fsp3) is 0.611. The Bertz CT molecular complexity index is 478. The van der Waals surface area contributed by atoms with E-state index in [2.05, 4.69) is 17.0 Å². The van der Waals surface area contributed by atoms with Gasteiger partial charge in [0.05, 0.1) is 0 Å². The van der Waals surface area contributed by atoms with Crippen molar-refractivity contribution in [2.45, 2.75) is 51.5 Å². The van der Waals surface area contributed by atoms with Crippen LogP contribution in [0.4, 0.5) is 0 Å². The van der Waals surface area contributed by atoms with Gasteiger partial charge in [0.1, 0.15) is 4.99 Å². The zero-order chi connectivity index (χ0) is 14.7. The molecule has 1 saturated carbocycles. The van der Waals surface area contributed by atoms with Crippen LogP contribution in [0.2, 0.25) is 0 Å². The second-order valence-corrected chi connectivity index (χ2v) is 7.34. The highest BCUT2D eigenvalue weighted by atomic mass is 32.1. The first kappa shape index (κ1) is 15.0. The van der Waals surface area contributed by atoms with E-state index in [1.165, 1.54) is 63.6 Å². The van der Waals surface area contributed by atoms with Gasteiger partial charge in [0, 0.05) is 12.1 Å². The van der Waals surface area contributed by atoms with Gasteiger partial charge in [-0.15, -0.1) is 0 Å². The molecule has 0 aromatic heterocycles. The van der Waals surface area contributed by atoms with E-state index in [4.69, 9.17) is 18.0 Å². The third-order valence-electron chi connectivity index (χ3n) is 5.48. The van der Waals surface area contributed by atoms with Crippen molar-refractivity contribution >= 4 is 17.2 Å². The smallest absolute Gasteiger partial charge is 0.103 e. The summed E-state index contributed by atoms with van der Waals surface area (Å²) in [6.07, 6.45) is 10.1. The molecule has 2 N–H and O–H groups in total. The van der Waals surface area contributed by atoms with Crippen LogP contribution in [0.25, 0.3) is 0 Å². The van der Waals surface area contributed by atoms with Crippen LogP contribution in [0.15, 0.2) is 24.3 Å². The number of nitrogens with zero attached hydrogens (tertiary/aromatic N) is 1. The van der Waals surface area contributed by atoms with E-state index in [0.717, 1.165) is 12.1 Å². The number of nitrogens with two attached hydrogens (primary N) is 1. The first-order valence-corrected chi connectivity index (χ1v) is 8.69. The summed E-state index contributed by atoms with van der Waals surface area (Å²) in [6, 6.07) is 8.42. The zero-order valence-electron chi connectivity index (χ0n) is 12.8. The van der Waals surface area contributed by atoms with Gasteiger partial charge in [-0.25, -0.2) is 0 Å². The molecule has 1 heterocycles. The van der Waals surface area contributed by atoms with Crippen LogP contribution >= 0.6 is 12.2 Å². The first-order valence-electron chi connectivity index (χ1n) is 8.28. The van der Waals surface area contributed by atoms with Crippen molar-refractivity contribution in [1.82, 2.24) is 4.90 Å². The van der Waals surface area contributed by atoms with E-state index in [0.29, 0.717) is 10.4 Å². The van der Waals surface area contributed by atoms with Crippen LogP contribution in [-0.2, 0) is 6.54 Å². The highest BCUT2D eigenvalue weighted by Gasteiger charge is 2.35. The Morgan fingerprint density at radius 2 is 1.62 bits per heavy atom. The van der Waals surface area contributed by atoms with E-state index in [1.54, 1.807) is 0 Å². The highest BCUT2D eigenvalue weighted by Crippen LogP contribution is 2.44. The molecule has 0 radical (unpaired) electrons. The SMILES string of the molecule is NC(=S)c1ccc(CN2CCC3(CCCCC3)CC2)cc1. The Balaban J connectivity index is 1.54. The van der Waals surface area contributed by atoms with Crippen molar-refractivity contribution in [1.29, 1.82) is 0 Å². The summed E-state index contributed by atoms with van der Waals surface area (Å²) in [4.78, 5) is 3.09. The Morgan fingerprint density at radius 3 is 2.19 bits per heavy atom. The molecule has 1 aliphatic heterocycles. The molecule has 1 aromatic carbocycles. The third-order valence-corrected chi connectivity index (χ3v) is 5.71. The summed E-state index contributed by atoms with van der Waals surface area (Å²) in [6.45, 7) is 3.59. The van der Waals surface area contributed by atoms with E-state index >= 15 is 0 Å². The second-order valence-electron chi connectivity index (χ2n) is 6.90. The average Bonchev–Trinajstić information content (AvgIpc) is 2.51. The number of hydrogen-bond donors (Lipinski definition) is 1. The first-order chi connectivity index (χ1) is 10.2. The number of hydrogen-bond acceptors (Lipinski definition) is 2. The summed E-state index contributed by atoms with van der Waals surface area (Å²) in [7, 11) is 0. The fourth-order valence-corrected chi connectivity index (χ4v) is 4.16. The Kier molecular flexibility index (Phi) is 4.60. The molecular weight excluding hydrogens is 276 g/mol. The highest BCUT2D eigenvalue weighted by molar-refractivity contribution is 7.80. The lowest BCUT2D eigenvalue weighted by Gasteiger charge is -2.44. The van der Waals surface area contributed by atoms with Crippen LogP contribution in [0.3, 0.4) is 0 Å². The largest absolute Gasteiger partial charge is 0.389 e. The van der Waals surface area contributed by atoms with Gasteiger partial charge in [0.2, 0.25) is 0 Å². The van der Waals surface area contributed by atoms with E-state index in [1.807, 2.05) is 12.1 Å². The van der Waals surface area contributed by atoms with Crippen molar-refractivity contribution in [2.24, 2.45) is 11.1 Å². The van der Waals surface area contributed by atoms with Crippen molar-refractivity contribution in [3.63, 3.8) is 0 Å². The van der Waals surface area contributed by atoms with Crippen molar-refractivity contribution < 1.29 is 0 Å². The van der Waals surface area contributed by atoms with E-state index in [-0.39, 0.29) is 0 Å². The second kappa shape index (κ2) is 6.45. The van der Waals surface area contributed by atoms with Gasteiger partial charge in [-0.3, -0.25) is 4.90 Å². The van der Waals surface area contributed by atoms with Gasteiger partial charge in [-0.1, -0.05) is 55.7 Å². The van der Waals surface area contributed by atoms with Gasteiger partial charge in [-0.2, -0.15) is 0 Å². The van der Waals surface area contributed by atoms with Gasteiger partial charge in [0.15, 0.2) is 0 Å². The van der Waals surface area contributed by atoms with Crippen LogP contribution < -0.4 is 5.73 Å². The normalized spacial score (nSPS) is 22.3. The standard InChI is InChI=1S/C18H26N2S/c19-17(21)16-6-4-15(5-7-16)14-20-12-10-18(11-13-20)8-2-1-3-9-18/h4-7H,1-3,8-14H2,(H2,19,21). The molecule has 1 spiro atoms. The number of piperidine rings is 1. The minimum absolute atomic E-state index is 0.485. The molecule has 1 aliphatic carbocycles. The zero-order valence-corrected chi connectivity index (χ0v) is 13.6. The van der Waals surface area contributed by atoms with Gasteiger partial charge < -0.3 is 5.73 Å². The molecule has 114 valence electrons. The predicted octanol–water partition coefficient (Wildman–Crippen LogP) is 3.87. The summed E-state index contributed by atoms with van der Waals surface area (Å²) < 4.78 is 0. The van der Waals surface area contributed by atoms with Crippen LogP contribution in [-0.4, -0.2) is 23.0 Å². The minimum atomic E-state index is 0.485. The maximum atomic E-state index is 5.65. The molecule has 21 heavy (non-hydrogen) atoms. The lowest BCUT2D eigenvalue weighted by Crippen LogP contribution is -2.40. The van der Waals surface area contributed by atoms with Gasteiger partial charge >= 0.3 is 0 Å². The minimum Gasteiger partial charge on any atom is -0.389 e. The predicted molar refractivity (Wildman–Crippen MR) is 92.4 cm³/mol. The maximum absolute atomic E-state index is 5.65. The molecule has 0 unspecified atom stereocenters. The molecule has 3 rings (SSSR count). The summed E-state index contributed by atoms with van der Waals surface area (Å²) in [5.41, 5.74) is 8.68. The van der Waals surface area contributed by atoms with E-state index < -0.39 is 0 Å². The molecule has 0 bridgehead atoms. The van der Waals surface area contributed by atoms with E-state index in [9.17, 15) is 0 Å². The molecule has 2 nitrogen and oxygen atoms in total. The third kappa shape index (κ3) is 3.64. The summed E-state index contributed by atoms with van der Waals surface area (Å²) in [5.74, 6) is 0. The molecule has 1 saturated heterocycles. The van der Waals surface area contributed by atoms with Crippen LogP contribution in [0.1, 0.15) is 56.1 Å². The number of rotatable bonds is 3. The monoisotopic (exact) mass is 302 g/mol. The lowest BCUT2D eigenvalue weighted by molar-refractivity contribution is 0.0641. The number of thiocarbonyl (C=S) groups is 1. The maximum Gasteiger partial charge on any atom is 0.103 e. The molecule has 3 heteroatoms. The Labute approximate surface area is 133 Å². The van der Waals surface area contributed by atoms with Gasteiger partial charge in [0.25, 0.3) is 0 Å². The fourth-order valence-electron chi connectivity index (χ4n) is 4.02. The number of likely N-dealkylation sites (tertiary alicyclic amines) is 1. The molecule has 2 aliphatic rings. The topological polar surface area (TPSA) is 29.3 Å². The molecule has 0 amide bonds. The summed E-state index contributed by atoms with van der Waals surface area (Å²) >= 11 is 5.00.